The molecule has 1 aliphatic heterocycles. The molecule has 3 nitrogen and oxygen atoms in total. The lowest BCUT2D eigenvalue weighted by Gasteiger charge is -2.07. The van der Waals surface area contributed by atoms with Crippen molar-refractivity contribution in [3.8, 4) is 23.8 Å². The molecule has 0 amide bonds. The average molecular weight is 358 g/mol. The molecule has 0 saturated carbocycles. The van der Waals surface area contributed by atoms with Crippen LogP contribution in [0.2, 0.25) is 0 Å². The van der Waals surface area contributed by atoms with Crippen molar-refractivity contribution in [2.75, 3.05) is 6.61 Å². The van der Waals surface area contributed by atoms with Crippen LogP contribution in [-0.2, 0) is 4.84 Å². The van der Waals surface area contributed by atoms with Crippen LogP contribution in [-0.4, -0.2) is 11.2 Å². The first-order valence-electron chi connectivity index (χ1n) is 6.83. The van der Waals surface area contributed by atoms with Crippen molar-refractivity contribution in [1.29, 1.82) is 0 Å². The maximum absolute atomic E-state index is 5.74. The van der Waals surface area contributed by atoms with Gasteiger partial charge in [0.2, 0.25) is 0 Å². The van der Waals surface area contributed by atoms with Gasteiger partial charge in [0, 0.05) is 12.0 Å². The fraction of sp³-hybridized carbons (Fsp3) is 0.167. The molecule has 0 saturated heterocycles. The molecule has 0 unspecified atom stereocenters. The summed E-state index contributed by atoms with van der Waals surface area (Å²) in [6, 6.07) is 15.4. The molecule has 22 heavy (non-hydrogen) atoms. The Morgan fingerprint density at radius 2 is 1.91 bits per heavy atom. The van der Waals surface area contributed by atoms with Crippen molar-refractivity contribution in [2.45, 2.75) is 13.3 Å². The molecule has 0 N–H and O–H groups in total. The van der Waals surface area contributed by atoms with E-state index in [1.54, 1.807) is 0 Å². The second kappa shape index (κ2) is 8.26. The number of para-hydroxylation sites is 1. The molecule has 1 aliphatic rings. The molecular weight excluding hydrogens is 342 g/mol. The second-order valence-electron chi connectivity index (χ2n) is 4.59. The number of oxime groups is 1. The van der Waals surface area contributed by atoms with Crippen molar-refractivity contribution in [1.82, 2.24) is 0 Å². The van der Waals surface area contributed by atoms with E-state index in [2.05, 4.69) is 31.8 Å². The number of rotatable bonds is 2. The van der Waals surface area contributed by atoms with Gasteiger partial charge in [0.25, 0.3) is 0 Å². The van der Waals surface area contributed by atoms with Gasteiger partial charge >= 0.3 is 0 Å². The summed E-state index contributed by atoms with van der Waals surface area (Å²) in [5.74, 6) is 4.24. The Morgan fingerprint density at radius 1 is 1.18 bits per heavy atom. The predicted molar refractivity (Wildman–Crippen MR) is 92.6 cm³/mol. The van der Waals surface area contributed by atoms with Crippen LogP contribution in [0.15, 0.2) is 53.7 Å². The van der Waals surface area contributed by atoms with Crippen molar-refractivity contribution >= 4 is 20.6 Å². The molecule has 4 heteroatoms. The van der Waals surface area contributed by atoms with E-state index >= 15 is 0 Å². The summed E-state index contributed by atoms with van der Waals surface area (Å²) in [5.41, 5.74) is 1.97. The molecule has 112 valence electrons. The molecule has 0 aromatic heterocycles. The highest BCUT2D eigenvalue weighted by Gasteiger charge is 2.00. The van der Waals surface area contributed by atoms with Crippen LogP contribution in [0.3, 0.4) is 0 Å². The third-order valence-electron chi connectivity index (χ3n) is 2.91. The summed E-state index contributed by atoms with van der Waals surface area (Å²) in [6.45, 7) is 2.76. The number of nitrogens with zero attached hydrogens (tertiary/aromatic N) is 1. The number of terminal acetylenes is 1. The van der Waals surface area contributed by atoms with Gasteiger partial charge in [0.1, 0.15) is 22.7 Å². The van der Waals surface area contributed by atoms with E-state index in [1.165, 1.54) is 0 Å². The monoisotopic (exact) mass is 357 g/mol. The van der Waals surface area contributed by atoms with E-state index in [0.29, 0.717) is 0 Å². The molecule has 0 fully saturated rings. The van der Waals surface area contributed by atoms with E-state index in [9.17, 15) is 0 Å². The molecular formula is C18H16BrNO2. The highest BCUT2D eigenvalue weighted by molar-refractivity contribution is 9.18. The third-order valence-corrected chi connectivity index (χ3v) is 3.45. The SMILES string of the molecule is BrC1=NOCC1.C#Cc1ccc(Oc2ccccc2C)cc1. The lowest BCUT2D eigenvalue weighted by atomic mass is 10.2. The number of hydrogen-bond donors (Lipinski definition) is 0. The highest BCUT2D eigenvalue weighted by atomic mass is 79.9. The van der Waals surface area contributed by atoms with Gasteiger partial charge in [-0.3, -0.25) is 0 Å². The zero-order valence-electron chi connectivity index (χ0n) is 12.3. The van der Waals surface area contributed by atoms with Gasteiger partial charge in [-0.05, 0) is 58.7 Å². The predicted octanol–water partition coefficient (Wildman–Crippen LogP) is 4.88. The minimum atomic E-state index is 0.737. The van der Waals surface area contributed by atoms with Crippen LogP contribution >= 0.6 is 15.9 Å². The Kier molecular flexibility index (Phi) is 6.05. The van der Waals surface area contributed by atoms with Crippen molar-refractivity contribution < 1.29 is 9.57 Å². The summed E-state index contributed by atoms with van der Waals surface area (Å²) in [4.78, 5) is 4.60. The zero-order valence-corrected chi connectivity index (χ0v) is 13.8. The van der Waals surface area contributed by atoms with Crippen molar-refractivity contribution in [3.05, 3.63) is 59.7 Å². The van der Waals surface area contributed by atoms with Gasteiger partial charge < -0.3 is 9.57 Å². The fourth-order valence-corrected chi connectivity index (χ4v) is 1.97. The Morgan fingerprint density at radius 3 is 2.41 bits per heavy atom. The normalized spacial score (nSPS) is 12.3. The van der Waals surface area contributed by atoms with Crippen LogP contribution in [0.5, 0.6) is 11.5 Å². The average Bonchev–Trinajstić information content (AvgIpc) is 3.02. The molecule has 0 radical (unpaired) electrons. The Labute approximate surface area is 139 Å². The smallest absolute Gasteiger partial charge is 0.130 e. The van der Waals surface area contributed by atoms with Gasteiger partial charge in [-0.1, -0.05) is 29.3 Å². The molecule has 0 aliphatic carbocycles. The van der Waals surface area contributed by atoms with Gasteiger partial charge in [0.05, 0.1) is 0 Å². The first kappa shape index (κ1) is 16.1. The van der Waals surface area contributed by atoms with Crippen molar-refractivity contribution in [2.24, 2.45) is 5.16 Å². The first-order chi connectivity index (χ1) is 10.7. The lowest BCUT2D eigenvalue weighted by Crippen LogP contribution is -1.86. The molecule has 0 bridgehead atoms. The van der Waals surface area contributed by atoms with Crippen LogP contribution in [0, 0.1) is 19.3 Å². The molecule has 2 aromatic rings. The second-order valence-corrected chi connectivity index (χ2v) is 5.50. The maximum Gasteiger partial charge on any atom is 0.130 e. The summed E-state index contributed by atoms with van der Waals surface area (Å²) >= 11 is 3.16. The molecule has 3 rings (SSSR count). The Balaban J connectivity index is 0.000000246. The summed E-state index contributed by atoms with van der Waals surface area (Å²) in [5, 5.41) is 3.57. The first-order valence-corrected chi connectivity index (χ1v) is 7.63. The standard InChI is InChI=1S/C15H12O.C3H4BrNO/c1-3-13-8-10-14(11-9-13)16-15-7-5-4-6-12(15)2;4-3-1-2-6-5-3/h1,4-11H,2H3;1-2H2. The zero-order chi connectivity index (χ0) is 15.8. The van der Waals surface area contributed by atoms with Gasteiger partial charge in [0.15, 0.2) is 0 Å². The number of ether oxygens (including phenoxy) is 1. The van der Waals surface area contributed by atoms with E-state index in [0.717, 1.165) is 40.3 Å². The molecule has 1 heterocycles. The molecule has 2 aromatic carbocycles. The minimum Gasteiger partial charge on any atom is -0.457 e. The molecule has 0 spiro atoms. The number of hydrogen-bond acceptors (Lipinski definition) is 3. The summed E-state index contributed by atoms with van der Waals surface area (Å²) in [6.07, 6.45) is 6.22. The number of aryl methyl sites for hydroxylation is 1. The number of benzene rings is 2. The van der Waals surface area contributed by atoms with Crippen LogP contribution < -0.4 is 4.74 Å². The third kappa shape index (κ3) is 4.94. The summed E-state index contributed by atoms with van der Waals surface area (Å²) in [7, 11) is 0. The van der Waals surface area contributed by atoms with E-state index in [1.807, 2.05) is 55.5 Å². The van der Waals surface area contributed by atoms with Crippen LogP contribution in [0.1, 0.15) is 17.5 Å². The molecule has 0 atom stereocenters. The fourth-order valence-electron chi connectivity index (χ4n) is 1.71. The lowest BCUT2D eigenvalue weighted by molar-refractivity contribution is 0.174. The van der Waals surface area contributed by atoms with E-state index in [-0.39, 0.29) is 0 Å². The Hall–Kier alpha value is -2.25. The van der Waals surface area contributed by atoms with Gasteiger partial charge in [-0.25, -0.2) is 0 Å². The topological polar surface area (TPSA) is 30.8 Å². The van der Waals surface area contributed by atoms with Gasteiger partial charge in [-0.15, -0.1) is 6.42 Å². The van der Waals surface area contributed by atoms with E-state index < -0.39 is 0 Å². The van der Waals surface area contributed by atoms with Crippen LogP contribution in [0.4, 0.5) is 0 Å². The highest BCUT2D eigenvalue weighted by Crippen LogP contribution is 2.24. The number of halogens is 1. The summed E-state index contributed by atoms with van der Waals surface area (Å²) < 4.78 is 6.66. The van der Waals surface area contributed by atoms with Gasteiger partial charge in [-0.2, -0.15) is 0 Å². The minimum absolute atomic E-state index is 0.737. The van der Waals surface area contributed by atoms with E-state index in [4.69, 9.17) is 11.2 Å². The maximum atomic E-state index is 5.74. The largest absolute Gasteiger partial charge is 0.457 e. The Bertz CT molecular complexity index is 687. The quantitative estimate of drug-likeness (QED) is 0.716. The van der Waals surface area contributed by atoms with Crippen molar-refractivity contribution in [3.63, 3.8) is 0 Å². The van der Waals surface area contributed by atoms with Crippen LogP contribution in [0.25, 0.3) is 0 Å².